The highest BCUT2D eigenvalue weighted by Gasteiger charge is 2.22. The highest BCUT2D eigenvalue weighted by Crippen LogP contribution is 2.49. The first-order chi connectivity index (χ1) is 39.7. The van der Waals surface area contributed by atoms with Gasteiger partial charge in [0.25, 0.3) is 0 Å². The summed E-state index contributed by atoms with van der Waals surface area (Å²) in [6.45, 7) is 0. The summed E-state index contributed by atoms with van der Waals surface area (Å²) >= 11 is 0. The first-order valence-corrected chi connectivity index (χ1v) is 27.5. The van der Waals surface area contributed by atoms with Gasteiger partial charge in [0.2, 0.25) is 0 Å². The van der Waals surface area contributed by atoms with Crippen LogP contribution >= 0.6 is 0 Å². The van der Waals surface area contributed by atoms with E-state index in [-0.39, 0.29) is 0 Å². The molecule has 17 rings (SSSR count). The molecule has 0 unspecified atom stereocenters. The van der Waals surface area contributed by atoms with Gasteiger partial charge in [-0.3, -0.25) is 0 Å². The lowest BCUT2D eigenvalue weighted by Gasteiger charge is -2.19. The predicted molar refractivity (Wildman–Crippen MR) is 339 cm³/mol. The summed E-state index contributed by atoms with van der Waals surface area (Å²) in [4.78, 5) is 0. The van der Waals surface area contributed by atoms with Gasteiger partial charge in [-0.15, -0.1) is 0 Å². The molecule has 0 bridgehead atoms. The van der Waals surface area contributed by atoms with E-state index in [2.05, 4.69) is 267 Å². The van der Waals surface area contributed by atoms with Crippen LogP contribution in [0.2, 0.25) is 0 Å². The number of hydrogen-bond acceptors (Lipinski definition) is 2. The third-order valence-corrected chi connectivity index (χ3v) is 17.1. The number of benzene rings is 15. The van der Waals surface area contributed by atoms with Crippen molar-refractivity contribution in [3.8, 4) is 66.8 Å². The van der Waals surface area contributed by atoms with E-state index in [0.29, 0.717) is 0 Å². The van der Waals surface area contributed by atoms with E-state index in [1.165, 1.54) is 115 Å². The Bertz CT molecular complexity index is 5300. The Morgan fingerprint density at radius 3 is 1.14 bits per heavy atom. The van der Waals surface area contributed by atoms with Crippen molar-refractivity contribution in [2.45, 2.75) is 0 Å². The van der Waals surface area contributed by atoms with Gasteiger partial charge in [-0.2, -0.15) is 0 Å². The standard InChI is InChI=1S/C78H46O2/c1-2-18-53-48(16-1)17-13-31-59(53)77-65-24-7-3-20-61(65)75(62-21-4-8-25-66(62)77)49-36-34-47(35-37-49)50-39-42-73-69(44-50)58-41-38-51(46-74(58)80-73)54-28-14-30-56-55(54)29-15-32-60(56)78-67-26-9-5-22-63(67)76(64-23-6-10-27-68(64)78)52-40-43-72-70(45-52)57-19-11-12-33-71(57)79-72/h1-46H. The summed E-state index contributed by atoms with van der Waals surface area (Å²) in [5.41, 5.74) is 18.0. The van der Waals surface area contributed by atoms with Gasteiger partial charge in [0, 0.05) is 21.5 Å². The number of fused-ring (bicyclic) bond motifs is 12. The number of hydrogen-bond donors (Lipinski definition) is 0. The number of para-hydroxylation sites is 1. The average molecular weight is 1020 g/mol. The minimum Gasteiger partial charge on any atom is -0.456 e. The molecule has 0 aliphatic rings. The zero-order valence-electron chi connectivity index (χ0n) is 43.4. The van der Waals surface area contributed by atoms with Gasteiger partial charge in [-0.1, -0.05) is 237 Å². The van der Waals surface area contributed by atoms with Gasteiger partial charge in [0.15, 0.2) is 0 Å². The molecule has 0 spiro atoms. The quantitative estimate of drug-likeness (QED) is 0.155. The Balaban J connectivity index is 0.741. The summed E-state index contributed by atoms with van der Waals surface area (Å²) in [6, 6.07) is 102. The largest absolute Gasteiger partial charge is 0.456 e. The summed E-state index contributed by atoms with van der Waals surface area (Å²) in [5.74, 6) is 0. The minimum absolute atomic E-state index is 0.873. The number of rotatable bonds is 6. The van der Waals surface area contributed by atoms with E-state index in [4.69, 9.17) is 8.83 Å². The molecule has 0 saturated heterocycles. The molecule has 0 aliphatic carbocycles. The van der Waals surface area contributed by atoms with Crippen molar-refractivity contribution in [1.29, 1.82) is 0 Å². The smallest absolute Gasteiger partial charge is 0.136 e. The van der Waals surface area contributed by atoms with Crippen LogP contribution in [0.1, 0.15) is 0 Å². The maximum atomic E-state index is 6.71. The average Bonchev–Trinajstić information content (AvgIpc) is 4.17. The van der Waals surface area contributed by atoms with E-state index in [0.717, 1.165) is 60.6 Å². The van der Waals surface area contributed by atoms with Crippen molar-refractivity contribution in [2.24, 2.45) is 0 Å². The van der Waals surface area contributed by atoms with Crippen LogP contribution in [0.15, 0.2) is 288 Å². The lowest BCUT2D eigenvalue weighted by molar-refractivity contribution is 0.668. The molecule has 17 aromatic rings. The van der Waals surface area contributed by atoms with E-state index >= 15 is 0 Å². The molecule has 0 amide bonds. The molecule has 2 nitrogen and oxygen atoms in total. The Kier molecular flexibility index (Phi) is 9.75. The van der Waals surface area contributed by atoms with E-state index in [1.54, 1.807) is 0 Å². The SMILES string of the molecule is c1ccc2c(-c3c4ccccc4c(-c4ccc(-c5ccc6oc7cc(-c8cccc9c(-c%10c%11ccccc%11c(-c%11ccc%12oc%13ccccc%13c%12c%11)c%11ccccc%10%11)cccc89)ccc7c6c5)cc4)c4ccccc34)cccc2c1. The van der Waals surface area contributed by atoms with Crippen LogP contribution in [0.3, 0.4) is 0 Å². The topological polar surface area (TPSA) is 26.3 Å². The predicted octanol–water partition coefficient (Wildman–Crippen LogP) is 22.4. The van der Waals surface area contributed by atoms with Crippen LogP contribution < -0.4 is 0 Å². The first kappa shape index (κ1) is 44.6. The van der Waals surface area contributed by atoms with Gasteiger partial charge in [-0.05, 0) is 174 Å². The van der Waals surface area contributed by atoms with Crippen molar-refractivity contribution in [1.82, 2.24) is 0 Å². The molecule has 0 fully saturated rings. The molecule has 0 saturated carbocycles. The Morgan fingerprint density at radius 1 is 0.163 bits per heavy atom. The maximum absolute atomic E-state index is 6.71. The van der Waals surface area contributed by atoms with Crippen LogP contribution in [-0.2, 0) is 0 Å². The van der Waals surface area contributed by atoms with Gasteiger partial charge < -0.3 is 8.83 Å². The van der Waals surface area contributed by atoms with E-state index in [9.17, 15) is 0 Å². The third-order valence-electron chi connectivity index (χ3n) is 17.1. The lowest BCUT2D eigenvalue weighted by atomic mass is 9.84. The van der Waals surface area contributed by atoms with Crippen LogP contribution in [-0.4, -0.2) is 0 Å². The molecule has 0 radical (unpaired) electrons. The second-order valence-corrected chi connectivity index (χ2v) is 21.3. The second-order valence-electron chi connectivity index (χ2n) is 21.3. The van der Waals surface area contributed by atoms with Crippen LogP contribution in [0.5, 0.6) is 0 Å². The zero-order chi connectivity index (χ0) is 52.4. The fourth-order valence-corrected chi connectivity index (χ4v) is 13.5. The normalized spacial score (nSPS) is 12.0. The van der Waals surface area contributed by atoms with Crippen molar-refractivity contribution in [3.63, 3.8) is 0 Å². The summed E-state index contributed by atoms with van der Waals surface area (Å²) in [6.07, 6.45) is 0. The van der Waals surface area contributed by atoms with Crippen molar-refractivity contribution < 1.29 is 8.83 Å². The monoisotopic (exact) mass is 1010 g/mol. The van der Waals surface area contributed by atoms with Crippen LogP contribution in [0, 0.1) is 0 Å². The lowest BCUT2D eigenvalue weighted by Crippen LogP contribution is -1.92. The number of furan rings is 2. The molecule has 0 N–H and O–H groups in total. The fraction of sp³-hybridized carbons (Fsp3) is 0. The van der Waals surface area contributed by atoms with Gasteiger partial charge >= 0.3 is 0 Å². The molecular weight excluding hydrogens is 969 g/mol. The molecule has 0 aliphatic heterocycles. The molecule has 2 aromatic heterocycles. The molecule has 15 aromatic carbocycles. The molecular formula is C78H46O2. The molecule has 2 heterocycles. The van der Waals surface area contributed by atoms with Crippen LogP contribution in [0.4, 0.5) is 0 Å². The molecule has 370 valence electrons. The van der Waals surface area contributed by atoms with Gasteiger partial charge in [0.05, 0.1) is 0 Å². The third kappa shape index (κ3) is 6.73. The minimum atomic E-state index is 0.873. The van der Waals surface area contributed by atoms with Crippen molar-refractivity contribution in [2.75, 3.05) is 0 Å². The van der Waals surface area contributed by atoms with E-state index < -0.39 is 0 Å². The van der Waals surface area contributed by atoms with Crippen molar-refractivity contribution >= 4 is 109 Å². The Hall–Kier alpha value is -10.5. The maximum Gasteiger partial charge on any atom is 0.136 e. The molecule has 0 atom stereocenters. The van der Waals surface area contributed by atoms with Gasteiger partial charge in [-0.25, -0.2) is 0 Å². The highest BCUT2D eigenvalue weighted by molar-refractivity contribution is 6.26. The summed E-state index contributed by atoms with van der Waals surface area (Å²) < 4.78 is 13.0. The molecule has 2 heteroatoms. The highest BCUT2D eigenvalue weighted by atomic mass is 16.3. The van der Waals surface area contributed by atoms with Crippen LogP contribution in [0.25, 0.3) is 175 Å². The van der Waals surface area contributed by atoms with Crippen molar-refractivity contribution in [3.05, 3.63) is 279 Å². The Morgan fingerprint density at radius 2 is 0.525 bits per heavy atom. The molecule has 80 heavy (non-hydrogen) atoms. The summed E-state index contributed by atoms with van der Waals surface area (Å²) in [7, 11) is 0. The Labute approximate surface area is 460 Å². The zero-order valence-corrected chi connectivity index (χ0v) is 43.4. The fourth-order valence-electron chi connectivity index (χ4n) is 13.5. The van der Waals surface area contributed by atoms with E-state index in [1.807, 2.05) is 12.1 Å². The van der Waals surface area contributed by atoms with Gasteiger partial charge in [0.1, 0.15) is 22.3 Å². The first-order valence-electron chi connectivity index (χ1n) is 27.5. The second kappa shape index (κ2) is 17.5. The summed E-state index contributed by atoms with van der Waals surface area (Å²) in [5, 5.41) is 19.3.